The van der Waals surface area contributed by atoms with Crippen LogP contribution in [0.15, 0.2) is 18.2 Å². The maximum Gasteiger partial charge on any atom is 0.269 e. The third-order valence-electron chi connectivity index (χ3n) is 2.41. The van der Waals surface area contributed by atoms with Crippen LogP contribution in [0.4, 0.5) is 5.69 Å². The molecule has 4 nitrogen and oxygen atoms in total. The minimum absolute atomic E-state index is 0.0456. The lowest BCUT2D eigenvalue weighted by molar-refractivity contribution is -0.384. The van der Waals surface area contributed by atoms with Crippen LogP contribution in [-0.2, 0) is 0 Å². The first kappa shape index (κ1) is 11.2. The van der Waals surface area contributed by atoms with Gasteiger partial charge in [0.15, 0.2) is 0 Å². The zero-order chi connectivity index (χ0) is 11.4. The molecule has 0 saturated carbocycles. The van der Waals surface area contributed by atoms with Gasteiger partial charge in [0, 0.05) is 12.1 Å². The van der Waals surface area contributed by atoms with Crippen molar-refractivity contribution in [1.82, 2.24) is 0 Å². The summed E-state index contributed by atoms with van der Waals surface area (Å²) in [6.07, 6.45) is 0.665. The highest BCUT2D eigenvalue weighted by molar-refractivity contribution is 5.42. The number of rotatable bonds is 3. The van der Waals surface area contributed by atoms with E-state index >= 15 is 0 Å². The summed E-state index contributed by atoms with van der Waals surface area (Å²) in [4.78, 5) is 10.1. The first-order valence-corrected chi connectivity index (χ1v) is 4.74. The van der Waals surface area contributed by atoms with Crippen LogP contribution in [0.25, 0.3) is 0 Å². The standard InChI is InChI=1S/C11H12N2O2/c1-3-9(7-12)11-6-10(13(14)15)5-4-8(11)2/h4-6,9H,3H2,1-2H3. The maximum atomic E-state index is 10.6. The Morgan fingerprint density at radius 2 is 2.27 bits per heavy atom. The quantitative estimate of drug-likeness (QED) is 0.561. The summed E-state index contributed by atoms with van der Waals surface area (Å²) in [6.45, 7) is 3.76. The summed E-state index contributed by atoms with van der Waals surface area (Å²) < 4.78 is 0. The van der Waals surface area contributed by atoms with Crippen molar-refractivity contribution in [3.63, 3.8) is 0 Å². The van der Waals surface area contributed by atoms with E-state index < -0.39 is 4.92 Å². The van der Waals surface area contributed by atoms with Crippen LogP contribution >= 0.6 is 0 Å². The van der Waals surface area contributed by atoms with E-state index in [9.17, 15) is 10.1 Å². The van der Waals surface area contributed by atoms with E-state index in [1.54, 1.807) is 6.07 Å². The second-order valence-electron chi connectivity index (χ2n) is 3.39. The highest BCUT2D eigenvalue weighted by Crippen LogP contribution is 2.26. The molecule has 0 aliphatic rings. The largest absolute Gasteiger partial charge is 0.269 e. The van der Waals surface area contributed by atoms with E-state index in [-0.39, 0.29) is 11.6 Å². The van der Waals surface area contributed by atoms with E-state index in [0.717, 1.165) is 11.1 Å². The molecule has 0 heterocycles. The van der Waals surface area contributed by atoms with Gasteiger partial charge in [-0.25, -0.2) is 0 Å². The molecule has 4 heteroatoms. The molecule has 0 saturated heterocycles. The van der Waals surface area contributed by atoms with Crippen LogP contribution < -0.4 is 0 Å². The van der Waals surface area contributed by atoms with Gasteiger partial charge in [-0.05, 0) is 24.5 Å². The molecular weight excluding hydrogens is 192 g/mol. The van der Waals surface area contributed by atoms with Gasteiger partial charge in [-0.3, -0.25) is 10.1 Å². The normalized spacial score (nSPS) is 11.8. The third-order valence-corrected chi connectivity index (χ3v) is 2.41. The predicted molar refractivity (Wildman–Crippen MR) is 56.5 cm³/mol. The smallest absolute Gasteiger partial charge is 0.258 e. The van der Waals surface area contributed by atoms with Crippen molar-refractivity contribution in [2.45, 2.75) is 26.2 Å². The fraction of sp³-hybridized carbons (Fsp3) is 0.364. The van der Waals surface area contributed by atoms with E-state index in [2.05, 4.69) is 6.07 Å². The van der Waals surface area contributed by atoms with E-state index in [4.69, 9.17) is 5.26 Å². The van der Waals surface area contributed by atoms with Gasteiger partial charge in [0.1, 0.15) is 0 Å². The van der Waals surface area contributed by atoms with Gasteiger partial charge in [-0.15, -0.1) is 0 Å². The zero-order valence-electron chi connectivity index (χ0n) is 8.73. The summed E-state index contributed by atoms with van der Waals surface area (Å²) in [7, 11) is 0. The highest BCUT2D eigenvalue weighted by Gasteiger charge is 2.15. The zero-order valence-corrected chi connectivity index (χ0v) is 8.73. The first-order chi connectivity index (χ1) is 7.10. The van der Waals surface area contributed by atoms with Crippen LogP contribution in [0.3, 0.4) is 0 Å². The number of benzene rings is 1. The Balaban J connectivity index is 3.22. The lowest BCUT2D eigenvalue weighted by Crippen LogP contribution is -1.99. The summed E-state index contributed by atoms with van der Waals surface area (Å²) in [5, 5.41) is 19.5. The van der Waals surface area contributed by atoms with Crippen LogP contribution in [0.2, 0.25) is 0 Å². The van der Waals surface area contributed by atoms with Gasteiger partial charge in [0.2, 0.25) is 0 Å². The lowest BCUT2D eigenvalue weighted by atomic mass is 9.93. The molecule has 0 aliphatic heterocycles. The Hall–Kier alpha value is -1.89. The van der Waals surface area contributed by atoms with E-state index in [1.165, 1.54) is 12.1 Å². The summed E-state index contributed by atoms with van der Waals surface area (Å²) in [5.41, 5.74) is 1.73. The fourth-order valence-electron chi connectivity index (χ4n) is 1.50. The number of non-ortho nitro benzene ring substituents is 1. The molecule has 0 N–H and O–H groups in total. The average molecular weight is 204 g/mol. The van der Waals surface area contributed by atoms with E-state index in [0.29, 0.717) is 6.42 Å². The van der Waals surface area contributed by atoms with Crippen LogP contribution in [0.5, 0.6) is 0 Å². The van der Waals surface area contributed by atoms with Crippen molar-refractivity contribution in [3.8, 4) is 6.07 Å². The minimum Gasteiger partial charge on any atom is -0.258 e. The van der Waals surface area contributed by atoms with Crippen LogP contribution in [-0.4, -0.2) is 4.92 Å². The molecule has 0 fully saturated rings. The Labute approximate surface area is 88.3 Å². The second kappa shape index (κ2) is 4.56. The number of nitro groups is 1. The fourth-order valence-corrected chi connectivity index (χ4v) is 1.50. The van der Waals surface area contributed by atoms with Gasteiger partial charge in [0.05, 0.1) is 16.9 Å². The summed E-state index contributed by atoms with van der Waals surface area (Å²) in [6, 6.07) is 6.79. The number of hydrogen-bond donors (Lipinski definition) is 0. The predicted octanol–water partition coefficient (Wildman–Crippen LogP) is 2.92. The van der Waals surface area contributed by atoms with Crippen molar-refractivity contribution >= 4 is 5.69 Å². The number of nitriles is 1. The second-order valence-corrected chi connectivity index (χ2v) is 3.39. The average Bonchev–Trinajstić information content (AvgIpc) is 2.22. The van der Waals surface area contributed by atoms with Gasteiger partial charge in [-0.1, -0.05) is 13.0 Å². The molecule has 0 amide bonds. The van der Waals surface area contributed by atoms with Crippen LogP contribution in [0.1, 0.15) is 30.4 Å². The topological polar surface area (TPSA) is 66.9 Å². The van der Waals surface area contributed by atoms with Crippen molar-refractivity contribution < 1.29 is 4.92 Å². The number of nitrogens with zero attached hydrogens (tertiary/aromatic N) is 2. The molecule has 0 bridgehead atoms. The Kier molecular flexibility index (Phi) is 3.40. The molecule has 0 spiro atoms. The van der Waals surface area contributed by atoms with Crippen molar-refractivity contribution in [2.24, 2.45) is 0 Å². The number of aryl methyl sites for hydroxylation is 1. The third kappa shape index (κ3) is 2.32. The van der Waals surface area contributed by atoms with Crippen molar-refractivity contribution in [1.29, 1.82) is 5.26 Å². The Morgan fingerprint density at radius 1 is 1.60 bits per heavy atom. The molecule has 0 aliphatic carbocycles. The van der Waals surface area contributed by atoms with Crippen LogP contribution in [0, 0.1) is 28.4 Å². The monoisotopic (exact) mass is 204 g/mol. The maximum absolute atomic E-state index is 10.6. The summed E-state index contributed by atoms with van der Waals surface area (Å²) in [5.74, 6) is -0.259. The van der Waals surface area contributed by atoms with Crippen molar-refractivity contribution in [3.05, 3.63) is 39.4 Å². The molecule has 78 valence electrons. The van der Waals surface area contributed by atoms with E-state index in [1.807, 2.05) is 13.8 Å². The molecule has 0 aromatic heterocycles. The number of hydrogen-bond acceptors (Lipinski definition) is 3. The Morgan fingerprint density at radius 3 is 2.73 bits per heavy atom. The molecule has 1 atom stereocenters. The van der Waals surface area contributed by atoms with Gasteiger partial charge in [0.25, 0.3) is 5.69 Å². The summed E-state index contributed by atoms with van der Waals surface area (Å²) >= 11 is 0. The number of nitro benzene ring substituents is 1. The Bertz CT molecular complexity index is 421. The van der Waals surface area contributed by atoms with Crippen molar-refractivity contribution in [2.75, 3.05) is 0 Å². The molecular formula is C11H12N2O2. The minimum atomic E-state index is -0.437. The molecule has 1 rings (SSSR count). The molecule has 1 aromatic carbocycles. The highest BCUT2D eigenvalue weighted by atomic mass is 16.6. The SMILES string of the molecule is CCC(C#N)c1cc([N+](=O)[O-])ccc1C. The van der Waals surface area contributed by atoms with Gasteiger partial charge < -0.3 is 0 Å². The molecule has 1 aromatic rings. The van der Waals surface area contributed by atoms with Gasteiger partial charge in [-0.2, -0.15) is 5.26 Å². The lowest BCUT2D eigenvalue weighted by Gasteiger charge is -2.09. The molecule has 0 radical (unpaired) electrons. The molecule has 1 unspecified atom stereocenters. The first-order valence-electron chi connectivity index (χ1n) is 4.74. The van der Waals surface area contributed by atoms with Gasteiger partial charge >= 0.3 is 0 Å². The molecule has 15 heavy (non-hydrogen) atoms.